The number of rotatable bonds is 47. The largest absolute Gasteiger partial charge is 0.479 e. The number of aliphatic hydroxyl groups is 2. The van der Waals surface area contributed by atoms with Crippen molar-refractivity contribution in [3.8, 4) is 0 Å². The van der Waals surface area contributed by atoms with Gasteiger partial charge in [-0.2, -0.15) is 0 Å². The molecule has 0 aromatic heterocycles. The summed E-state index contributed by atoms with van der Waals surface area (Å²) < 4.78 is 28.2. The van der Waals surface area contributed by atoms with Crippen LogP contribution in [-0.2, 0) is 42.9 Å². The van der Waals surface area contributed by atoms with E-state index >= 15 is 0 Å². The highest BCUT2D eigenvalue weighted by atomic mass is 16.7. The number of aliphatic hydroxyl groups excluding tert-OH is 2. The lowest BCUT2D eigenvalue weighted by molar-refractivity contribution is -0.301. The summed E-state index contributed by atoms with van der Waals surface area (Å²) >= 11 is 0. The second kappa shape index (κ2) is 50.2. The average molecular weight is 1050 g/mol. The van der Waals surface area contributed by atoms with Gasteiger partial charge in [-0.25, -0.2) is 4.79 Å². The normalized spacial score (nSPS) is 19.0. The number of unbranched alkanes of at least 4 members (excludes halogenated alkanes) is 16. The summed E-state index contributed by atoms with van der Waals surface area (Å²) in [6.07, 6.45) is 55.2. The lowest BCUT2D eigenvalue weighted by Crippen LogP contribution is -2.61. The third-order valence-corrected chi connectivity index (χ3v) is 12.4. The van der Waals surface area contributed by atoms with Gasteiger partial charge in [-0.3, -0.25) is 14.4 Å². The summed E-state index contributed by atoms with van der Waals surface area (Å²) in [5, 5.41) is 31.5. The molecule has 1 aliphatic heterocycles. The predicted octanol–water partition coefficient (Wildman–Crippen LogP) is 14.7. The number of hydrogen-bond acceptors (Lipinski definition) is 11. The molecule has 3 N–H and O–H groups in total. The van der Waals surface area contributed by atoms with Crippen molar-refractivity contribution in [2.45, 2.75) is 250 Å². The third kappa shape index (κ3) is 40.3. The molecule has 0 amide bonds. The maximum Gasteiger partial charge on any atom is 0.335 e. The Hall–Kier alpha value is -4.62. The number of carbonyl (C=O) groups excluding carboxylic acids is 3. The van der Waals surface area contributed by atoms with E-state index in [1.807, 2.05) is 12.2 Å². The fourth-order valence-corrected chi connectivity index (χ4v) is 8.02. The van der Waals surface area contributed by atoms with E-state index in [9.17, 15) is 34.5 Å². The molecule has 0 radical (unpaired) electrons. The first-order chi connectivity index (χ1) is 36.6. The highest BCUT2D eigenvalue weighted by Gasteiger charge is 2.50. The minimum absolute atomic E-state index is 0.0279. The Morgan fingerprint density at radius 1 is 0.467 bits per heavy atom. The van der Waals surface area contributed by atoms with Gasteiger partial charge >= 0.3 is 23.9 Å². The molecule has 75 heavy (non-hydrogen) atoms. The second-order valence-electron chi connectivity index (χ2n) is 19.2. The summed E-state index contributed by atoms with van der Waals surface area (Å²) in [5.41, 5.74) is 0. The first kappa shape index (κ1) is 68.4. The summed E-state index contributed by atoms with van der Waals surface area (Å²) in [4.78, 5) is 51.0. The number of hydrogen-bond donors (Lipinski definition) is 3. The molecule has 1 aliphatic rings. The van der Waals surface area contributed by atoms with E-state index in [-0.39, 0.29) is 25.9 Å². The lowest BCUT2D eigenvalue weighted by Gasteiger charge is -2.40. The van der Waals surface area contributed by atoms with Crippen molar-refractivity contribution in [1.82, 2.24) is 0 Å². The molecular formula is C63H100O12. The van der Waals surface area contributed by atoms with Crippen LogP contribution in [0.3, 0.4) is 0 Å². The van der Waals surface area contributed by atoms with Crippen molar-refractivity contribution in [3.63, 3.8) is 0 Å². The minimum Gasteiger partial charge on any atom is -0.479 e. The number of aliphatic carboxylic acids is 1. The fraction of sp³-hybridized carbons (Fsp3) is 0.651. The Morgan fingerprint density at radius 2 is 0.880 bits per heavy atom. The van der Waals surface area contributed by atoms with Crippen LogP contribution in [0.2, 0.25) is 0 Å². The molecule has 0 bridgehead atoms. The zero-order valence-corrected chi connectivity index (χ0v) is 46.5. The van der Waals surface area contributed by atoms with E-state index in [1.165, 1.54) is 64.2 Å². The first-order valence-electron chi connectivity index (χ1n) is 28.9. The van der Waals surface area contributed by atoms with Crippen molar-refractivity contribution in [1.29, 1.82) is 0 Å². The molecule has 0 aromatic carbocycles. The van der Waals surface area contributed by atoms with Gasteiger partial charge in [0.05, 0.1) is 13.0 Å². The van der Waals surface area contributed by atoms with Gasteiger partial charge in [0.25, 0.3) is 0 Å². The Labute approximate surface area is 453 Å². The standard InChI is InChI=1S/C63H100O12/c1-4-7-10-13-16-19-22-25-28-31-34-37-40-43-46-49-55(64)71-52-54(73-56(65)50-47-44-41-38-35-32-29-26-23-20-17-14-11-8-5-2)53-72-63-61(59(68)58(67)60(75-63)62(69)70)74-57(66)51-48-45-42-39-36-33-30-27-24-21-18-15-12-9-6-3/h7-8,10-11,16-17,19-20,25-26,28-29,34-35,37-38,43,46,54,58-61,63,67-68H,4-6,9,12-15,18,21-24,27,30-33,36,39-42,44-45,47-53H2,1-3H3,(H,69,70)/b10-7-,11-8-,19-16-,20-17-,28-25-,29-26-,37-34-,38-35-,46-43-. The van der Waals surface area contributed by atoms with Gasteiger partial charge in [-0.05, 0) is 83.5 Å². The average Bonchev–Trinajstić information content (AvgIpc) is 3.39. The summed E-state index contributed by atoms with van der Waals surface area (Å²) in [5.74, 6) is -3.35. The molecular weight excluding hydrogens is 949 g/mol. The number of allylic oxidation sites excluding steroid dienone is 17. The molecule has 1 rings (SSSR count). The highest BCUT2D eigenvalue weighted by molar-refractivity contribution is 5.74. The van der Waals surface area contributed by atoms with Crippen LogP contribution in [0.15, 0.2) is 109 Å². The van der Waals surface area contributed by atoms with E-state index < -0.39 is 67.3 Å². The molecule has 1 heterocycles. The van der Waals surface area contributed by atoms with Gasteiger partial charge in [0.1, 0.15) is 18.8 Å². The van der Waals surface area contributed by atoms with Crippen LogP contribution in [0.25, 0.3) is 0 Å². The van der Waals surface area contributed by atoms with Gasteiger partial charge in [0.2, 0.25) is 0 Å². The highest BCUT2D eigenvalue weighted by Crippen LogP contribution is 2.26. The first-order valence-corrected chi connectivity index (χ1v) is 28.9. The smallest absolute Gasteiger partial charge is 0.335 e. The molecule has 6 atom stereocenters. The van der Waals surface area contributed by atoms with Crippen molar-refractivity contribution in [3.05, 3.63) is 109 Å². The molecule has 0 spiro atoms. The number of carbonyl (C=O) groups is 4. The molecule has 0 aliphatic carbocycles. The number of carboxylic acid groups (broad SMARTS) is 1. The van der Waals surface area contributed by atoms with Crippen LogP contribution in [0.5, 0.6) is 0 Å². The summed E-state index contributed by atoms with van der Waals surface area (Å²) in [6.45, 7) is 5.63. The number of esters is 3. The van der Waals surface area contributed by atoms with Gasteiger partial charge in [-0.1, -0.05) is 220 Å². The van der Waals surface area contributed by atoms with E-state index in [0.717, 1.165) is 89.9 Å². The van der Waals surface area contributed by atoms with Crippen molar-refractivity contribution in [2.75, 3.05) is 13.2 Å². The molecule has 424 valence electrons. The van der Waals surface area contributed by atoms with E-state index in [2.05, 4.69) is 112 Å². The van der Waals surface area contributed by atoms with Crippen LogP contribution in [0.4, 0.5) is 0 Å². The summed E-state index contributed by atoms with van der Waals surface area (Å²) in [7, 11) is 0. The Kier molecular flexibility index (Phi) is 45.8. The van der Waals surface area contributed by atoms with Crippen molar-refractivity contribution in [2.24, 2.45) is 0 Å². The number of ether oxygens (including phenoxy) is 5. The number of carboxylic acids is 1. The minimum atomic E-state index is -1.92. The fourth-order valence-electron chi connectivity index (χ4n) is 8.02. The van der Waals surface area contributed by atoms with Crippen LogP contribution in [0.1, 0.15) is 213 Å². The second-order valence-corrected chi connectivity index (χ2v) is 19.2. The molecule has 1 fully saturated rings. The Balaban J connectivity index is 2.78. The molecule has 0 aromatic rings. The third-order valence-electron chi connectivity index (χ3n) is 12.4. The van der Waals surface area contributed by atoms with Gasteiger partial charge < -0.3 is 39.0 Å². The van der Waals surface area contributed by atoms with E-state index in [1.54, 1.807) is 6.08 Å². The van der Waals surface area contributed by atoms with Crippen molar-refractivity contribution < 1.29 is 58.2 Å². The Morgan fingerprint density at radius 3 is 1.35 bits per heavy atom. The van der Waals surface area contributed by atoms with Crippen LogP contribution >= 0.6 is 0 Å². The molecule has 12 heteroatoms. The van der Waals surface area contributed by atoms with E-state index in [0.29, 0.717) is 19.3 Å². The van der Waals surface area contributed by atoms with Gasteiger partial charge in [0.15, 0.2) is 24.6 Å². The van der Waals surface area contributed by atoms with Crippen molar-refractivity contribution >= 4 is 23.9 Å². The quantitative estimate of drug-likeness (QED) is 0.0228. The maximum atomic E-state index is 13.1. The maximum absolute atomic E-state index is 13.1. The molecule has 1 saturated heterocycles. The molecule has 12 nitrogen and oxygen atoms in total. The zero-order valence-electron chi connectivity index (χ0n) is 46.5. The van der Waals surface area contributed by atoms with Gasteiger partial charge in [0, 0.05) is 12.8 Å². The van der Waals surface area contributed by atoms with Crippen LogP contribution in [0, 0.1) is 0 Å². The zero-order chi connectivity index (χ0) is 54.7. The Bertz CT molecular complexity index is 1720. The van der Waals surface area contributed by atoms with Gasteiger partial charge in [-0.15, -0.1) is 0 Å². The van der Waals surface area contributed by atoms with Crippen LogP contribution < -0.4 is 0 Å². The summed E-state index contributed by atoms with van der Waals surface area (Å²) in [6, 6.07) is 0. The SMILES string of the molecule is CC/C=C\C/C=C\C/C=C\C/C=C\C/C=C\CC(=O)OCC(COC1OC(C(=O)O)C(O)C(O)C1OC(=O)CCCCCCCCCCCCCCCCC)OC(=O)CCCC/C=C\C/C=C\C/C=C\C/C=C\CC. The van der Waals surface area contributed by atoms with Crippen LogP contribution in [-0.4, -0.2) is 89.2 Å². The lowest BCUT2D eigenvalue weighted by atomic mass is 9.98. The van der Waals surface area contributed by atoms with E-state index in [4.69, 9.17) is 23.7 Å². The molecule has 0 saturated carbocycles. The topological polar surface area (TPSA) is 175 Å². The predicted molar refractivity (Wildman–Crippen MR) is 303 cm³/mol. The molecule has 6 unspecified atom stereocenters. The monoisotopic (exact) mass is 1050 g/mol.